The van der Waals surface area contributed by atoms with Crippen molar-refractivity contribution in [3.05, 3.63) is 47.5 Å². The fourth-order valence-corrected chi connectivity index (χ4v) is 2.73. The normalized spacial score (nSPS) is 17.0. The van der Waals surface area contributed by atoms with Crippen molar-refractivity contribution in [3.63, 3.8) is 0 Å². The molecule has 3 rings (SSSR count). The third kappa shape index (κ3) is 2.36. The highest BCUT2D eigenvalue weighted by Gasteiger charge is 2.32. The number of fused-ring (bicyclic) bond motifs is 1. The van der Waals surface area contributed by atoms with E-state index in [1.807, 2.05) is 6.92 Å². The van der Waals surface area contributed by atoms with Gasteiger partial charge in [0.05, 0.1) is 11.9 Å². The average molecular weight is 299 g/mol. The molecule has 114 valence electrons. The highest BCUT2D eigenvalue weighted by Crippen LogP contribution is 2.34. The highest BCUT2D eigenvalue weighted by molar-refractivity contribution is 6.05. The van der Waals surface area contributed by atoms with E-state index < -0.39 is 11.9 Å². The van der Waals surface area contributed by atoms with Gasteiger partial charge in [0, 0.05) is 18.0 Å². The maximum Gasteiger partial charge on any atom is 0.248 e. The van der Waals surface area contributed by atoms with Gasteiger partial charge in [0.15, 0.2) is 5.78 Å². The van der Waals surface area contributed by atoms with E-state index in [0.29, 0.717) is 16.9 Å². The molecule has 1 aliphatic heterocycles. The quantitative estimate of drug-likeness (QED) is 0.931. The summed E-state index contributed by atoms with van der Waals surface area (Å²) in [5, 5.41) is 0. The molecule has 0 bridgehead atoms. The summed E-state index contributed by atoms with van der Waals surface area (Å²) in [5.41, 5.74) is 6.99. The van der Waals surface area contributed by atoms with E-state index in [-0.39, 0.29) is 12.4 Å². The van der Waals surface area contributed by atoms with Crippen LogP contribution in [0, 0.1) is 0 Å². The number of rotatable bonds is 4. The number of aromatic nitrogens is 2. The number of carbonyl (C=O) groups is 2. The molecule has 1 unspecified atom stereocenters. The zero-order valence-electron chi connectivity index (χ0n) is 12.3. The molecule has 0 saturated heterocycles. The van der Waals surface area contributed by atoms with Gasteiger partial charge in [0.1, 0.15) is 18.4 Å². The maximum atomic E-state index is 12.8. The number of nitrogens with two attached hydrogens (primary N) is 1. The SMILES string of the molecule is CCCc1cc(C(N)=O)cc2c1OCC(n1ccnc1)C2=O. The number of hydrogen-bond acceptors (Lipinski definition) is 4. The Morgan fingerprint density at radius 1 is 1.50 bits per heavy atom. The molecule has 0 radical (unpaired) electrons. The number of primary amides is 1. The lowest BCUT2D eigenvalue weighted by Gasteiger charge is -2.27. The lowest BCUT2D eigenvalue weighted by molar-refractivity contribution is 0.0839. The van der Waals surface area contributed by atoms with Crippen LogP contribution < -0.4 is 10.5 Å². The van der Waals surface area contributed by atoms with Crippen LogP contribution >= 0.6 is 0 Å². The number of carbonyl (C=O) groups excluding carboxylic acids is 2. The summed E-state index contributed by atoms with van der Waals surface area (Å²) < 4.78 is 7.54. The molecule has 0 saturated carbocycles. The third-order valence-corrected chi connectivity index (χ3v) is 3.81. The molecular formula is C16H17N3O3. The van der Waals surface area contributed by atoms with Crippen molar-refractivity contribution in [2.45, 2.75) is 25.8 Å². The zero-order valence-corrected chi connectivity index (χ0v) is 12.3. The standard InChI is InChI=1S/C16H17N3O3/c1-2-3-10-6-11(16(17)21)7-12-14(20)13(8-22-15(10)12)19-5-4-18-9-19/h4-7,9,13H,2-3,8H2,1H3,(H2,17,21). The number of Topliss-reactive ketones (excluding diaryl/α,β-unsaturated/α-hetero) is 1. The third-order valence-electron chi connectivity index (χ3n) is 3.81. The zero-order chi connectivity index (χ0) is 15.7. The Balaban J connectivity index is 2.08. The van der Waals surface area contributed by atoms with Crippen molar-refractivity contribution >= 4 is 11.7 Å². The van der Waals surface area contributed by atoms with Gasteiger partial charge in [-0.2, -0.15) is 0 Å². The van der Waals surface area contributed by atoms with Crippen LogP contribution in [0.15, 0.2) is 30.9 Å². The molecule has 6 heteroatoms. The molecule has 1 aromatic heterocycles. The number of nitrogens with zero attached hydrogens (tertiary/aromatic N) is 2. The molecule has 0 fully saturated rings. The van der Waals surface area contributed by atoms with Gasteiger partial charge in [-0.05, 0) is 24.1 Å². The Hall–Kier alpha value is -2.63. The summed E-state index contributed by atoms with van der Waals surface area (Å²) in [6.07, 6.45) is 6.54. The Labute approximate surface area is 127 Å². The van der Waals surface area contributed by atoms with Gasteiger partial charge in [-0.25, -0.2) is 4.98 Å². The van der Waals surface area contributed by atoms with Gasteiger partial charge in [0.25, 0.3) is 0 Å². The minimum absolute atomic E-state index is 0.0836. The van der Waals surface area contributed by atoms with Crippen molar-refractivity contribution in [2.75, 3.05) is 6.61 Å². The lowest BCUT2D eigenvalue weighted by atomic mass is 9.93. The largest absolute Gasteiger partial charge is 0.490 e. The van der Waals surface area contributed by atoms with Crippen molar-refractivity contribution in [2.24, 2.45) is 5.73 Å². The van der Waals surface area contributed by atoms with Crippen molar-refractivity contribution in [1.82, 2.24) is 9.55 Å². The topological polar surface area (TPSA) is 87.2 Å². The second-order valence-corrected chi connectivity index (χ2v) is 5.33. The molecule has 1 aliphatic rings. The van der Waals surface area contributed by atoms with Crippen LogP contribution in [0.3, 0.4) is 0 Å². The van der Waals surface area contributed by atoms with Gasteiger partial charge in [-0.3, -0.25) is 9.59 Å². The maximum absolute atomic E-state index is 12.8. The van der Waals surface area contributed by atoms with Crippen molar-refractivity contribution in [1.29, 1.82) is 0 Å². The predicted octanol–water partition coefficient (Wildman–Crippen LogP) is 1.75. The van der Waals surface area contributed by atoms with E-state index in [1.54, 1.807) is 29.4 Å². The second-order valence-electron chi connectivity index (χ2n) is 5.33. The number of aryl methyl sites for hydroxylation is 1. The van der Waals surface area contributed by atoms with Gasteiger partial charge in [-0.15, -0.1) is 0 Å². The van der Waals surface area contributed by atoms with Crippen molar-refractivity contribution < 1.29 is 14.3 Å². The molecule has 1 aromatic carbocycles. The van der Waals surface area contributed by atoms with Crippen LogP contribution in [0.4, 0.5) is 0 Å². The first-order valence-electron chi connectivity index (χ1n) is 7.23. The average Bonchev–Trinajstić information content (AvgIpc) is 3.02. The number of amides is 1. The van der Waals surface area contributed by atoms with Crippen LogP contribution in [0.1, 0.15) is 45.7 Å². The van der Waals surface area contributed by atoms with E-state index in [1.165, 1.54) is 6.07 Å². The fraction of sp³-hybridized carbons (Fsp3) is 0.312. The van der Waals surface area contributed by atoms with E-state index >= 15 is 0 Å². The van der Waals surface area contributed by atoms with Gasteiger partial charge in [0.2, 0.25) is 5.91 Å². The second kappa shape index (κ2) is 5.63. The molecule has 0 spiro atoms. The van der Waals surface area contributed by atoms with Gasteiger partial charge >= 0.3 is 0 Å². The summed E-state index contributed by atoms with van der Waals surface area (Å²) in [5.74, 6) is -0.0503. The Morgan fingerprint density at radius 2 is 2.32 bits per heavy atom. The number of hydrogen-bond donors (Lipinski definition) is 1. The highest BCUT2D eigenvalue weighted by atomic mass is 16.5. The predicted molar refractivity (Wildman–Crippen MR) is 80.0 cm³/mol. The Bertz CT molecular complexity index is 722. The smallest absolute Gasteiger partial charge is 0.248 e. The number of imidazole rings is 1. The van der Waals surface area contributed by atoms with Gasteiger partial charge < -0.3 is 15.0 Å². The number of ketones is 1. The first kappa shape index (κ1) is 14.3. The number of benzene rings is 1. The van der Waals surface area contributed by atoms with Gasteiger partial charge in [-0.1, -0.05) is 13.3 Å². The van der Waals surface area contributed by atoms with E-state index in [0.717, 1.165) is 18.4 Å². The first-order valence-corrected chi connectivity index (χ1v) is 7.23. The molecule has 22 heavy (non-hydrogen) atoms. The molecular weight excluding hydrogens is 282 g/mol. The summed E-state index contributed by atoms with van der Waals surface area (Å²) in [6, 6.07) is 2.78. The van der Waals surface area contributed by atoms with E-state index in [2.05, 4.69) is 4.98 Å². The van der Waals surface area contributed by atoms with E-state index in [9.17, 15) is 9.59 Å². The summed E-state index contributed by atoms with van der Waals surface area (Å²) >= 11 is 0. The lowest BCUT2D eigenvalue weighted by Crippen LogP contribution is -2.31. The summed E-state index contributed by atoms with van der Waals surface area (Å²) in [7, 11) is 0. The Kier molecular flexibility index (Phi) is 3.66. The molecule has 2 heterocycles. The monoisotopic (exact) mass is 299 g/mol. The fourth-order valence-electron chi connectivity index (χ4n) is 2.73. The molecule has 2 aromatic rings. The van der Waals surface area contributed by atoms with Crippen molar-refractivity contribution in [3.8, 4) is 5.75 Å². The summed E-state index contributed by atoms with van der Waals surface area (Å²) in [6.45, 7) is 2.29. The van der Waals surface area contributed by atoms with E-state index in [4.69, 9.17) is 10.5 Å². The molecule has 1 atom stereocenters. The molecule has 6 nitrogen and oxygen atoms in total. The number of ether oxygens (including phenoxy) is 1. The molecule has 2 N–H and O–H groups in total. The first-order chi connectivity index (χ1) is 10.6. The van der Waals surface area contributed by atoms with Crippen LogP contribution in [0.5, 0.6) is 5.75 Å². The van der Waals surface area contributed by atoms with Crippen LogP contribution in [-0.2, 0) is 6.42 Å². The van der Waals surface area contributed by atoms with Crippen LogP contribution in [0.25, 0.3) is 0 Å². The Morgan fingerprint density at radius 3 is 2.95 bits per heavy atom. The minimum atomic E-state index is -0.544. The summed E-state index contributed by atoms with van der Waals surface area (Å²) in [4.78, 5) is 28.2. The molecule has 0 aliphatic carbocycles. The minimum Gasteiger partial charge on any atom is -0.490 e. The molecule has 1 amide bonds. The van der Waals surface area contributed by atoms with Crippen LogP contribution in [0.2, 0.25) is 0 Å². The van der Waals surface area contributed by atoms with Crippen LogP contribution in [-0.4, -0.2) is 27.8 Å².